The molecular weight excluding hydrogens is 533 g/mol. The number of esters is 1. The Morgan fingerprint density at radius 3 is 2.44 bits per heavy atom. The number of ether oxygens (including phenoxy) is 1. The lowest BCUT2D eigenvalue weighted by Gasteiger charge is -2.63. The molecule has 5 aliphatic carbocycles. The number of thioether (sulfide) groups is 1. The predicted molar refractivity (Wildman–Crippen MR) is 139 cm³/mol. The topological polar surface area (TPSA) is 101 Å². The Bertz CT molecular complexity index is 1120. The molecule has 0 spiro atoms. The first kappa shape index (κ1) is 28.9. The molecule has 0 aromatic rings. The summed E-state index contributed by atoms with van der Waals surface area (Å²) in [5.74, 6) is -3.94. The molecule has 9 atom stereocenters. The van der Waals surface area contributed by atoms with E-state index >= 15 is 8.78 Å². The highest BCUT2D eigenvalue weighted by Gasteiger charge is 2.78. The molecule has 39 heavy (non-hydrogen) atoms. The van der Waals surface area contributed by atoms with E-state index in [0.717, 1.165) is 6.08 Å². The number of halogens is 3. The highest BCUT2D eigenvalue weighted by Crippen LogP contribution is 2.72. The Morgan fingerprint density at radius 1 is 1.13 bits per heavy atom. The van der Waals surface area contributed by atoms with Gasteiger partial charge < -0.3 is 14.9 Å². The van der Waals surface area contributed by atoms with Gasteiger partial charge in [-0.15, -0.1) is 0 Å². The van der Waals surface area contributed by atoms with Crippen molar-refractivity contribution in [2.45, 2.75) is 95.4 Å². The number of ketones is 1. The van der Waals surface area contributed by atoms with E-state index in [1.165, 1.54) is 19.1 Å². The molecule has 10 heteroatoms. The van der Waals surface area contributed by atoms with Crippen LogP contribution >= 0.6 is 11.8 Å². The molecule has 0 saturated heterocycles. The number of rotatable bonds is 4. The van der Waals surface area contributed by atoms with Crippen LogP contribution in [-0.4, -0.2) is 62.7 Å². The Balaban J connectivity index is 1.58. The maximum Gasteiger partial charge on any atom is 0.309 e. The number of carbonyl (C=O) groups excluding carboxylic acids is 3. The number of fused-ring (bicyclic) bond motifs is 5. The molecule has 0 aromatic heterocycles. The number of carbonyl (C=O) groups is 3. The molecule has 6 nitrogen and oxygen atoms in total. The summed E-state index contributed by atoms with van der Waals surface area (Å²) in [7, 11) is 0. The number of aliphatic hydroxyl groups excluding tert-OH is 2. The third-order valence-corrected chi connectivity index (χ3v) is 11.6. The Labute approximate surface area is 230 Å². The summed E-state index contributed by atoms with van der Waals surface area (Å²) in [6.07, 6.45) is 1.14. The zero-order valence-electron chi connectivity index (χ0n) is 22.5. The van der Waals surface area contributed by atoms with Gasteiger partial charge in [-0.3, -0.25) is 14.4 Å². The lowest BCUT2D eigenvalue weighted by atomic mass is 9.44. The standard InChI is InChI=1S/C29H37F3O6S/c1-15-10-19-20-12-22(31)21-11-18(34)8-9-26(21,2)28(20,32)23(35)13-27(19,3)29(15,25(37)39-14-30)38-24(36)16-4-6-17(33)7-5-16/h8-9,11,15-17,19-20,22-23,33,35H,4-7,10,12-14H2,1-3H3. The fourth-order valence-electron chi connectivity index (χ4n) is 8.93. The van der Waals surface area contributed by atoms with Crippen molar-refractivity contribution < 1.29 is 42.5 Å². The van der Waals surface area contributed by atoms with Gasteiger partial charge in [0.15, 0.2) is 17.1 Å². The lowest BCUT2D eigenvalue weighted by molar-refractivity contribution is -0.230. The van der Waals surface area contributed by atoms with E-state index in [2.05, 4.69) is 0 Å². The van der Waals surface area contributed by atoms with Crippen LogP contribution in [0.25, 0.3) is 0 Å². The molecule has 216 valence electrons. The van der Waals surface area contributed by atoms with Gasteiger partial charge >= 0.3 is 5.97 Å². The van der Waals surface area contributed by atoms with E-state index < -0.39 is 87.0 Å². The molecule has 0 amide bonds. The zero-order valence-corrected chi connectivity index (χ0v) is 23.3. The van der Waals surface area contributed by atoms with Crippen LogP contribution in [0.2, 0.25) is 0 Å². The van der Waals surface area contributed by atoms with Gasteiger partial charge in [-0.25, -0.2) is 13.2 Å². The quantitative estimate of drug-likeness (QED) is 0.478. The van der Waals surface area contributed by atoms with Gasteiger partial charge in [0.05, 0.1) is 18.1 Å². The van der Waals surface area contributed by atoms with Gasteiger partial charge in [0, 0.05) is 22.7 Å². The van der Waals surface area contributed by atoms with Crippen molar-refractivity contribution in [3.05, 3.63) is 23.8 Å². The molecule has 0 bridgehead atoms. The largest absolute Gasteiger partial charge is 0.449 e. The van der Waals surface area contributed by atoms with Crippen LogP contribution in [0.4, 0.5) is 13.2 Å². The molecule has 0 aliphatic heterocycles. The SMILES string of the molecule is CC1CC2C3CC(F)C4=CC(=O)C=CC4(C)C3(F)C(O)CC2(C)C1(OC(=O)C1CCC(O)CC1)C(=O)SCF. The predicted octanol–water partition coefficient (Wildman–Crippen LogP) is 4.57. The summed E-state index contributed by atoms with van der Waals surface area (Å²) < 4.78 is 52.9. The van der Waals surface area contributed by atoms with Crippen molar-refractivity contribution in [2.75, 3.05) is 6.01 Å². The second kappa shape index (κ2) is 9.72. The molecule has 0 radical (unpaired) electrons. The van der Waals surface area contributed by atoms with E-state index in [0.29, 0.717) is 37.4 Å². The lowest BCUT2D eigenvalue weighted by Crippen LogP contribution is -2.70. The normalized spacial score (nSPS) is 49.0. The van der Waals surface area contributed by atoms with Crippen LogP contribution < -0.4 is 0 Å². The highest BCUT2D eigenvalue weighted by atomic mass is 32.2. The maximum atomic E-state index is 17.5. The van der Waals surface area contributed by atoms with Gasteiger partial charge in [-0.1, -0.05) is 19.9 Å². The molecule has 5 aliphatic rings. The molecule has 4 fully saturated rings. The van der Waals surface area contributed by atoms with Crippen molar-refractivity contribution in [3.63, 3.8) is 0 Å². The van der Waals surface area contributed by atoms with E-state index in [4.69, 9.17) is 4.74 Å². The first-order valence-electron chi connectivity index (χ1n) is 13.9. The molecule has 0 heterocycles. The summed E-state index contributed by atoms with van der Waals surface area (Å²) in [4.78, 5) is 39.3. The molecule has 0 aromatic carbocycles. The third kappa shape index (κ3) is 3.86. The fourth-order valence-corrected chi connectivity index (χ4v) is 9.72. The summed E-state index contributed by atoms with van der Waals surface area (Å²) in [6.45, 7) is 4.89. The smallest absolute Gasteiger partial charge is 0.309 e. The monoisotopic (exact) mass is 570 g/mol. The zero-order chi connectivity index (χ0) is 28.5. The number of hydrogen-bond donors (Lipinski definition) is 2. The summed E-state index contributed by atoms with van der Waals surface area (Å²) in [6, 6.07) is -1.04. The van der Waals surface area contributed by atoms with Crippen LogP contribution in [0.15, 0.2) is 23.8 Å². The van der Waals surface area contributed by atoms with Crippen LogP contribution in [-0.2, 0) is 19.1 Å². The third-order valence-electron chi connectivity index (χ3n) is 10.9. The van der Waals surface area contributed by atoms with Crippen LogP contribution in [0.5, 0.6) is 0 Å². The van der Waals surface area contributed by atoms with Crippen molar-refractivity contribution in [1.82, 2.24) is 0 Å². The van der Waals surface area contributed by atoms with Crippen molar-refractivity contribution in [1.29, 1.82) is 0 Å². The van der Waals surface area contributed by atoms with Gasteiger partial charge in [0.25, 0.3) is 0 Å². The molecule has 4 saturated carbocycles. The Kier molecular flexibility index (Phi) is 7.20. The van der Waals surface area contributed by atoms with E-state index in [9.17, 15) is 29.0 Å². The van der Waals surface area contributed by atoms with Gasteiger partial charge in [0.1, 0.15) is 12.2 Å². The minimum Gasteiger partial charge on any atom is -0.449 e. The minimum atomic E-state index is -2.33. The first-order valence-corrected chi connectivity index (χ1v) is 14.8. The van der Waals surface area contributed by atoms with Crippen LogP contribution in [0.1, 0.15) is 65.7 Å². The summed E-state index contributed by atoms with van der Waals surface area (Å²) in [5, 5.41) is 20.8. The number of aliphatic hydroxyl groups is 2. The first-order chi connectivity index (χ1) is 18.3. The Morgan fingerprint density at radius 2 is 1.79 bits per heavy atom. The maximum absolute atomic E-state index is 17.5. The summed E-state index contributed by atoms with van der Waals surface area (Å²) >= 11 is 0.392. The molecule has 9 unspecified atom stereocenters. The van der Waals surface area contributed by atoms with Crippen molar-refractivity contribution in [3.8, 4) is 0 Å². The number of hydrogen-bond acceptors (Lipinski definition) is 7. The highest BCUT2D eigenvalue weighted by molar-refractivity contribution is 8.13. The molecule has 5 rings (SSSR count). The van der Waals surface area contributed by atoms with Gasteiger partial charge in [-0.2, -0.15) is 0 Å². The van der Waals surface area contributed by atoms with Crippen LogP contribution in [0, 0.1) is 34.5 Å². The molecular formula is C29H37F3O6S. The average Bonchev–Trinajstić information content (AvgIpc) is 3.09. The van der Waals surface area contributed by atoms with E-state index in [-0.39, 0.29) is 24.8 Å². The molecule has 2 N–H and O–H groups in total. The van der Waals surface area contributed by atoms with Crippen LogP contribution in [0.3, 0.4) is 0 Å². The minimum absolute atomic E-state index is 0.00341. The van der Waals surface area contributed by atoms with Crippen molar-refractivity contribution >= 4 is 28.6 Å². The summed E-state index contributed by atoms with van der Waals surface area (Å²) in [5.41, 5.74) is -7.04. The van der Waals surface area contributed by atoms with E-state index in [1.54, 1.807) is 13.8 Å². The van der Waals surface area contributed by atoms with E-state index in [1.807, 2.05) is 0 Å². The van der Waals surface area contributed by atoms with Crippen molar-refractivity contribution in [2.24, 2.45) is 34.5 Å². The number of allylic oxidation sites excluding steroid dienone is 4. The fraction of sp³-hybridized carbons (Fsp3) is 0.759. The second-order valence-electron chi connectivity index (χ2n) is 12.7. The number of alkyl halides is 3. The van der Waals surface area contributed by atoms with Gasteiger partial charge in [0.2, 0.25) is 5.12 Å². The Hall–Kier alpha value is -1.65. The average molecular weight is 571 g/mol. The second-order valence-corrected chi connectivity index (χ2v) is 13.6. The van der Waals surface area contributed by atoms with Gasteiger partial charge in [-0.05, 0) is 87.3 Å².